The number of benzene rings is 2. The van der Waals surface area contributed by atoms with Gasteiger partial charge in [0.2, 0.25) is 0 Å². The molecule has 0 amide bonds. The van der Waals surface area contributed by atoms with Crippen LogP contribution in [0.5, 0.6) is 0 Å². The molecule has 0 N–H and O–H groups in total. The van der Waals surface area contributed by atoms with Gasteiger partial charge in [0.1, 0.15) is 0 Å². The molecular weight excluding hydrogens is 279 g/mol. The average Bonchev–Trinajstić information content (AvgIpc) is 2.79. The van der Waals surface area contributed by atoms with Crippen LogP contribution in [0.25, 0.3) is 11.1 Å². The second-order valence-corrected chi connectivity index (χ2v) is 5.00. The molecule has 3 rings (SSSR count). The van der Waals surface area contributed by atoms with Crippen molar-refractivity contribution in [2.24, 2.45) is 0 Å². The van der Waals surface area contributed by atoms with Crippen molar-refractivity contribution < 1.29 is 51.4 Å². The number of allylic oxidation sites excluding steroid dienone is 2. The van der Waals surface area contributed by atoms with E-state index in [4.69, 9.17) is 0 Å². The summed E-state index contributed by atoms with van der Waals surface area (Å²) in [5.41, 5.74) is 5.41. The van der Waals surface area contributed by atoms with Gasteiger partial charge in [-0.15, -0.1) is 5.41 Å². The molecule has 21 heavy (non-hydrogen) atoms. The molecule has 0 heterocycles. The quantitative estimate of drug-likeness (QED) is 0.454. The Hall–Kier alpha value is -0.444. The van der Waals surface area contributed by atoms with Gasteiger partial charge < -0.3 is 6.92 Å². The Balaban J connectivity index is 0.000000397. The van der Waals surface area contributed by atoms with E-state index < -0.39 is 0 Å². The van der Waals surface area contributed by atoms with Crippen molar-refractivity contribution in [1.29, 1.82) is 0 Å². The summed E-state index contributed by atoms with van der Waals surface area (Å²) in [6.45, 7) is 13.4. The monoisotopic (exact) mass is 300 g/mol. The van der Waals surface area contributed by atoms with Crippen molar-refractivity contribution in [2.45, 2.75) is 18.8 Å². The van der Waals surface area contributed by atoms with E-state index in [9.17, 15) is 0 Å². The first kappa shape index (κ1) is 18.6. The van der Waals surface area contributed by atoms with Crippen molar-refractivity contribution in [3.8, 4) is 11.1 Å². The normalized spacial score (nSPS) is 12.9. The second kappa shape index (κ2) is 8.26. The first-order valence-electron chi connectivity index (χ1n) is 6.97. The largest absolute Gasteiger partial charge is 1.00 e. The molecule has 1 aliphatic carbocycles. The summed E-state index contributed by atoms with van der Waals surface area (Å²) in [7, 11) is 0. The van der Waals surface area contributed by atoms with Crippen LogP contribution in [0, 0.1) is 6.92 Å². The van der Waals surface area contributed by atoms with Crippen LogP contribution in [-0.4, -0.2) is 0 Å². The average molecular weight is 300 g/mol. The molecule has 0 radical (unpaired) electrons. The Morgan fingerprint density at radius 2 is 1.29 bits per heavy atom. The summed E-state index contributed by atoms with van der Waals surface area (Å²) in [6, 6.07) is 17.3. The molecule has 0 fully saturated rings. The smallest absolute Gasteiger partial charge is 0.329 e. The van der Waals surface area contributed by atoms with Gasteiger partial charge in [-0.05, 0) is 11.1 Å². The molecule has 0 aromatic heterocycles. The van der Waals surface area contributed by atoms with Crippen LogP contribution in [0.15, 0.2) is 73.8 Å². The molecule has 0 nitrogen and oxygen atoms in total. The molecule has 0 unspecified atom stereocenters. The third-order valence-electron chi connectivity index (χ3n) is 3.95. The van der Waals surface area contributed by atoms with Crippen LogP contribution in [0.4, 0.5) is 0 Å². The second-order valence-electron chi connectivity index (χ2n) is 5.00. The Morgan fingerprint density at radius 1 is 0.905 bits per heavy atom. The third kappa shape index (κ3) is 3.49. The van der Waals surface area contributed by atoms with Crippen molar-refractivity contribution in [3.05, 3.63) is 91.9 Å². The maximum absolute atomic E-state index is 4.47. The minimum Gasteiger partial charge on any atom is -0.329 e. The first-order chi connectivity index (χ1) is 9.69. The molecule has 2 aromatic rings. The minimum atomic E-state index is -0.0484. The number of hydrogen-bond donors (Lipinski definition) is 0. The molecule has 0 bridgehead atoms. The van der Waals surface area contributed by atoms with E-state index in [1.165, 1.54) is 22.3 Å². The molecule has 2 aromatic carbocycles. The predicted octanol–water partition coefficient (Wildman–Crippen LogP) is 2.56. The zero-order chi connectivity index (χ0) is 14.6. The molecule has 0 aliphatic heterocycles. The van der Waals surface area contributed by atoms with Crippen molar-refractivity contribution >= 4 is 0 Å². The van der Waals surface area contributed by atoms with Gasteiger partial charge in [-0.1, -0.05) is 98.3 Å². The van der Waals surface area contributed by atoms with Gasteiger partial charge in [0.15, 0.2) is 0 Å². The van der Waals surface area contributed by atoms with Gasteiger partial charge >= 0.3 is 51.4 Å². The zero-order valence-electron chi connectivity index (χ0n) is 13.1. The van der Waals surface area contributed by atoms with E-state index in [0.717, 1.165) is 6.42 Å². The molecule has 1 heteroatoms. The maximum Gasteiger partial charge on any atom is 1.00 e. The summed E-state index contributed by atoms with van der Waals surface area (Å²) in [6.07, 6.45) is 4.32. The zero-order valence-corrected chi connectivity index (χ0v) is 16.2. The number of rotatable bonds is 2. The summed E-state index contributed by atoms with van der Waals surface area (Å²) in [4.78, 5) is 0. The number of hydrogen-bond acceptors (Lipinski definition) is 0. The Labute approximate surface area is 171 Å². The van der Waals surface area contributed by atoms with Crippen molar-refractivity contribution in [3.63, 3.8) is 0 Å². The fourth-order valence-electron chi connectivity index (χ4n) is 2.80. The van der Waals surface area contributed by atoms with Crippen LogP contribution in [0.2, 0.25) is 0 Å². The summed E-state index contributed by atoms with van der Waals surface area (Å²) in [5, 5.41) is 0. The van der Waals surface area contributed by atoms with E-state index in [1.807, 2.05) is 0 Å². The SMILES string of the molecule is C=CC=C.[CH2-]C1(CC)c2ccccc2-c2ccccc21.[K+]. The van der Waals surface area contributed by atoms with Gasteiger partial charge in [0.25, 0.3) is 0 Å². The van der Waals surface area contributed by atoms with Gasteiger partial charge in [-0.3, -0.25) is 0 Å². The molecular formula is C20H21K. The molecule has 0 spiro atoms. The maximum atomic E-state index is 4.47. The fourth-order valence-corrected chi connectivity index (χ4v) is 2.80. The van der Waals surface area contributed by atoms with Crippen LogP contribution >= 0.6 is 0 Å². The van der Waals surface area contributed by atoms with Crippen LogP contribution in [0.1, 0.15) is 24.5 Å². The fraction of sp³-hybridized carbons (Fsp3) is 0.150. The minimum absolute atomic E-state index is 0. The van der Waals surface area contributed by atoms with Gasteiger partial charge in [0, 0.05) is 0 Å². The van der Waals surface area contributed by atoms with Crippen LogP contribution in [0.3, 0.4) is 0 Å². The van der Waals surface area contributed by atoms with E-state index in [1.54, 1.807) is 12.2 Å². The van der Waals surface area contributed by atoms with E-state index in [2.05, 4.69) is 75.5 Å². The standard InChI is InChI=1S/C16H15.C4H6.K/c1-3-16(2)14-10-6-4-8-12(14)13-9-5-7-11-15(13)16;1-3-4-2;/h4-11H,2-3H2,1H3;3-4H,1-2H2;/q-1;;+1. The van der Waals surface area contributed by atoms with Crippen LogP contribution < -0.4 is 51.4 Å². The van der Waals surface area contributed by atoms with E-state index in [-0.39, 0.29) is 56.8 Å². The topological polar surface area (TPSA) is 0 Å². The summed E-state index contributed by atoms with van der Waals surface area (Å²) in [5.74, 6) is 0. The molecule has 1 aliphatic rings. The van der Waals surface area contributed by atoms with Crippen LogP contribution in [-0.2, 0) is 5.41 Å². The van der Waals surface area contributed by atoms with Gasteiger partial charge in [-0.2, -0.15) is 0 Å². The summed E-state index contributed by atoms with van der Waals surface area (Å²) < 4.78 is 0. The molecule has 0 saturated heterocycles. The van der Waals surface area contributed by atoms with E-state index in [0.29, 0.717) is 0 Å². The van der Waals surface area contributed by atoms with Crippen molar-refractivity contribution in [1.82, 2.24) is 0 Å². The third-order valence-corrected chi connectivity index (χ3v) is 3.95. The Bertz CT molecular complexity index is 574. The Morgan fingerprint density at radius 3 is 1.62 bits per heavy atom. The molecule has 102 valence electrons. The summed E-state index contributed by atoms with van der Waals surface area (Å²) >= 11 is 0. The Kier molecular flexibility index (Phi) is 7.32. The molecule has 0 atom stereocenters. The first-order valence-corrected chi connectivity index (χ1v) is 6.97. The predicted molar refractivity (Wildman–Crippen MR) is 88.7 cm³/mol. The van der Waals surface area contributed by atoms with Crippen molar-refractivity contribution in [2.75, 3.05) is 0 Å². The van der Waals surface area contributed by atoms with E-state index >= 15 is 0 Å². The molecule has 0 saturated carbocycles. The van der Waals surface area contributed by atoms with Gasteiger partial charge in [-0.25, -0.2) is 0 Å². The number of fused-ring (bicyclic) bond motifs is 3. The van der Waals surface area contributed by atoms with Gasteiger partial charge in [0.05, 0.1) is 0 Å².